The Morgan fingerprint density at radius 1 is 1.07 bits per heavy atom. The van der Waals surface area contributed by atoms with E-state index in [0.29, 0.717) is 38.8 Å². The summed E-state index contributed by atoms with van der Waals surface area (Å²) < 4.78 is 27.2. The second kappa shape index (κ2) is 12.7. The number of carbonyl (C=O) groups is 1. The molecule has 0 atom stereocenters. The van der Waals surface area contributed by atoms with Crippen LogP contribution < -0.4 is 16.4 Å². The van der Waals surface area contributed by atoms with Crippen LogP contribution >= 0.6 is 11.6 Å². The van der Waals surface area contributed by atoms with E-state index in [1.165, 1.54) is 31.2 Å². The molecule has 3 aromatic carbocycles. The van der Waals surface area contributed by atoms with Crippen molar-refractivity contribution in [3.8, 4) is 11.1 Å². The molecule has 5 N–H and O–H groups in total. The highest BCUT2D eigenvalue weighted by Gasteiger charge is 2.20. The van der Waals surface area contributed by atoms with E-state index in [1.807, 2.05) is 24.3 Å². The van der Waals surface area contributed by atoms with Crippen molar-refractivity contribution in [1.29, 1.82) is 0 Å². The number of nitrogens with one attached hydrogen (secondary N) is 3. The monoisotopic (exact) mass is 577 g/mol. The molecule has 1 aliphatic rings. The van der Waals surface area contributed by atoms with E-state index in [-0.39, 0.29) is 17.4 Å². The van der Waals surface area contributed by atoms with Crippen molar-refractivity contribution in [3.05, 3.63) is 94.8 Å². The van der Waals surface area contributed by atoms with Crippen molar-refractivity contribution < 1.29 is 13.6 Å². The number of likely N-dealkylation sites (tertiary alicyclic amines) is 1. The zero-order valence-electron chi connectivity index (χ0n) is 22.9. The summed E-state index contributed by atoms with van der Waals surface area (Å²) in [5.41, 5.74) is 11.1. The first-order chi connectivity index (χ1) is 19.8. The number of nitrogens with two attached hydrogens (primary N) is 1. The van der Waals surface area contributed by atoms with Crippen LogP contribution in [0.3, 0.4) is 0 Å². The number of hydrogen-bond acceptors (Lipinski definition) is 5. The average Bonchev–Trinajstić information content (AvgIpc) is 3.34. The largest absolute Gasteiger partial charge is 0.397 e. The SMILES string of the molecule is CC(=O)c1[nH]c2ccc(F)cc2c1/C(N)=C/NCC1CCN(CCNc2ccc(-c3ccc(F)cc3Cl)cc2)CC1. The van der Waals surface area contributed by atoms with Crippen LogP contribution in [-0.4, -0.2) is 48.4 Å². The zero-order valence-corrected chi connectivity index (χ0v) is 23.7. The number of Topliss-reactive ketones (excluding diaryl/α,β-unsaturated/α-hetero) is 1. The van der Waals surface area contributed by atoms with Gasteiger partial charge in [-0.25, -0.2) is 8.78 Å². The highest BCUT2D eigenvalue weighted by Crippen LogP contribution is 2.30. The van der Waals surface area contributed by atoms with Crippen LogP contribution in [0, 0.1) is 17.6 Å². The average molecular weight is 578 g/mol. The molecule has 214 valence electrons. The number of fused-ring (bicyclic) bond motifs is 1. The van der Waals surface area contributed by atoms with Crippen molar-refractivity contribution in [2.45, 2.75) is 19.8 Å². The minimum atomic E-state index is -0.374. The number of anilines is 1. The molecule has 0 radical (unpaired) electrons. The molecule has 41 heavy (non-hydrogen) atoms. The maximum atomic E-state index is 13.9. The summed E-state index contributed by atoms with van der Waals surface area (Å²) in [6, 6.07) is 16.8. The van der Waals surface area contributed by atoms with Crippen LogP contribution in [0.25, 0.3) is 27.7 Å². The quantitative estimate of drug-likeness (QED) is 0.159. The lowest BCUT2D eigenvalue weighted by molar-refractivity contribution is 0.101. The molecule has 1 aromatic heterocycles. The first-order valence-electron chi connectivity index (χ1n) is 13.8. The lowest BCUT2D eigenvalue weighted by Gasteiger charge is -2.32. The van der Waals surface area contributed by atoms with Crippen molar-refractivity contribution >= 4 is 39.7 Å². The van der Waals surface area contributed by atoms with Crippen LogP contribution in [0.1, 0.15) is 35.8 Å². The molecule has 1 fully saturated rings. The van der Waals surface area contributed by atoms with Gasteiger partial charge in [0.05, 0.1) is 16.4 Å². The smallest absolute Gasteiger partial charge is 0.176 e. The Bertz CT molecular complexity index is 1560. The lowest BCUT2D eigenvalue weighted by atomic mass is 9.97. The number of nitrogens with zero attached hydrogens (tertiary/aromatic N) is 1. The van der Waals surface area contributed by atoms with Gasteiger partial charge in [-0.2, -0.15) is 0 Å². The molecule has 0 amide bonds. The number of H-pyrrole nitrogens is 1. The van der Waals surface area contributed by atoms with Crippen molar-refractivity contribution in [2.24, 2.45) is 11.7 Å². The molecule has 5 rings (SSSR count). The van der Waals surface area contributed by atoms with Crippen molar-refractivity contribution in [1.82, 2.24) is 15.2 Å². The molecule has 1 saturated heterocycles. The summed E-state index contributed by atoms with van der Waals surface area (Å²) >= 11 is 6.19. The highest BCUT2D eigenvalue weighted by molar-refractivity contribution is 6.33. The maximum absolute atomic E-state index is 13.9. The minimum Gasteiger partial charge on any atom is -0.397 e. The van der Waals surface area contributed by atoms with Gasteiger partial charge in [-0.3, -0.25) is 4.79 Å². The second-order valence-electron chi connectivity index (χ2n) is 10.5. The van der Waals surface area contributed by atoms with Gasteiger partial charge in [-0.1, -0.05) is 23.7 Å². The topological polar surface area (TPSA) is 86.2 Å². The number of aromatic amines is 1. The number of rotatable bonds is 10. The van der Waals surface area contributed by atoms with E-state index in [4.69, 9.17) is 17.3 Å². The highest BCUT2D eigenvalue weighted by atomic mass is 35.5. The molecule has 4 aromatic rings. The van der Waals surface area contributed by atoms with Gasteiger partial charge in [0.2, 0.25) is 0 Å². The molecule has 9 heteroatoms. The molecule has 0 aliphatic carbocycles. The van der Waals surface area contributed by atoms with Crippen LogP contribution in [0.2, 0.25) is 5.02 Å². The fourth-order valence-corrected chi connectivity index (χ4v) is 5.68. The van der Waals surface area contributed by atoms with Crippen LogP contribution in [0.5, 0.6) is 0 Å². The third kappa shape index (κ3) is 6.89. The van der Waals surface area contributed by atoms with Crippen LogP contribution in [0.4, 0.5) is 14.5 Å². The summed E-state index contributed by atoms with van der Waals surface area (Å²) in [5.74, 6) is -0.354. The Labute approximate surface area is 243 Å². The van der Waals surface area contributed by atoms with Gasteiger partial charge >= 0.3 is 0 Å². The van der Waals surface area contributed by atoms with Gasteiger partial charge in [-0.05, 0) is 85.9 Å². The van der Waals surface area contributed by atoms with Crippen molar-refractivity contribution in [3.63, 3.8) is 0 Å². The lowest BCUT2D eigenvalue weighted by Crippen LogP contribution is -2.39. The van der Waals surface area contributed by atoms with E-state index in [9.17, 15) is 13.6 Å². The summed E-state index contributed by atoms with van der Waals surface area (Å²) in [6.07, 6.45) is 3.88. The van der Waals surface area contributed by atoms with Gasteiger partial charge in [0, 0.05) is 60.5 Å². The van der Waals surface area contributed by atoms with Crippen molar-refractivity contribution in [2.75, 3.05) is 38.0 Å². The summed E-state index contributed by atoms with van der Waals surface area (Å²) in [7, 11) is 0. The Balaban J connectivity index is 1.06. The normalized spacial score (nSPS) is 14.9. The number of aromatic nitrogens is 1. The third-order valence-corrected chi connectivity index (χ3v) is 7.97. The Hall–Kier alpha value is -3.88. The van der Waals surface area contributed by atoms with Gasteiger partial charge < -0.3 is 26.3 Å². The first-order valence-corrected chi connectivity index (χ1v) is 14.2. The summed E-state index contributed by atoms with van der Waals surface area (Å²) in [4.78, 5) is 17.7. The minimum absolute atomic E-state index is 0.151. The predicted molar refractivity (Wildman–Crippen MR) is 163 cm³/mol. The number of hydrogen-bond donors (Lipinski definition) is 4. The standard InChI is InChI=1S/C32H34ClF2N5O/c1-20(41)32-31(27-16-23(34)5-9-30(27)39-32)29(36)19-37-18-21-10-13-40(14-11-21)15-12-38-25-6-2-22(3-7-25)26-8-4-24(35)17-28(26)33/h2-9,16-17,19,21,37-39H,10-15,18,36H2,1H3/b29-19-. The van der Waals surface area contributed by atoms with E-state index in [2.05, 4.69) is 20.5 Å². The fourth-order valence-electron chi connectivity index (χ4n) is 5.40. The van der Waals surface area contributed by atoms with Gasteiger partial charge in [0.15, 0.2) is 5.78 Å². The van der Waals surface area contributed by atoms with Crippen LogP contribution in [0.15, 0.2) is 66.9 Å². The molecule has 0 saturated carbocycles. The maximum Gasteiger partial charge on any atom is 0.176 e. The number of piperidine rings is 1. The summed E-state index contributed by atoms with van der Waals surface area (Å²) in [6.45, 7) is 6.07. The van der Waals surface area contributed by atoms with Gasteiger partial charge in [-0.15, -0.1) is 0 Å². The van der Waals surface area contributed by atoms with E-state index in [0.717, 1.165) is 62.4 Å². The predicted octanol–water partition coefficient (Wildman–Crippen LogP) is 6.64. The molecule has 6 nitrogen and oxygen atoms in total. The third-order valence-electron chi connectivity index (χ3n) is 7.66. The first kappa shape index (κ1) is 28.6. The number of ketones is 1. The number of carbonyl (C=O) groups excluding carboxylic acids is 1. The molecule has 0 unspecified atom stereocenters. The molecule has 0 spiro atoms. The Kier molecular flexibility index (Phi) is 8.90. The Morgan fingerprint density at radius 2 is 1.78 bits per heavy atom. The number of benzene rings is 3. The molecular weight excluding hydrogens is 544 g/mol. The number of halogens is 3. The van der Waals surface area contributed by atoms with Gasteiger partial charge in [0.1, 0.15) is 11.6 Å². The van der Waals surface area contributed by atoms with E-state index < -0.39 is 0 Å². The van der Waals surface area contributed by atoms with E-state index >= 15 is 0 Å². The Morgan fingerprint density at radius 3 is 2.49 bits per heavy atom. The van der Waals surface area contributed by atoms with Gasteiger partial charge in [0.25, 0.3) is 0 Å². The molecule has 1 aliphatic heterocycles. The second-order valence-corrected chi connectivity index (χ2v) is 10.9. The summed E-state index contributed by atoms with van der Waals surface area (Å²) in [5, 5.41) is 7.80. The zero-order chi connectivity index (χ0) is 28.9. The van der Waals surface area contributed by atoms with E-state index in [1.54, 1.807) is 18.3 Å². The fraction of sp³-hybridized carbons (Fsp3) is 0.281. The molecular formula is C32H34ClF2N5O. The molecule has 0 bridgehead atoms. The van der Waals surface area contributed by atoms with Crippen LogP contribution in [-0.2, 0) is 0 Å². The molecule has 2 heterocycles.